The van der Waals surface area contributed by atoms with E-state index in [1.54, 1.807) is 0 Å². The molecule has 0 bridgehead atoms. The molecule has 16 heavy (non-hydrogen) atoms. The fraction of sp³-hybridized carbons (Fsp3) is 0.500. The largest absolute Gasteiger partial charge is 0.464 e. The lowest BCUT2D eigenvalue weighted by atomic mass is 10.1. The Bertz CT molecular complexity index is 529. The lowest BCUT2D eigenvalue weighted by molar-refractivity contribution is 0.0592. The van der Waals surface area contributed by atoms with Crippen LogP contribution in [0.1, 0.15) is 34.8 Å². The van der Waals surface area contributed by atoms with Gasteiger partial charge in [0, 0.05) is 5.56 Å². The molecule has 0 aliphatic heterocycles. The second kappa shape index (κ2) is 3.56. The van der Waals surface area contributed by atoms with Crippen LogP contribution >= 0.6 is 0 Å². The molecular weight excluding hydrogens is 234 g/mol. The van der Waals surface area contributed by atoms with Crippen LogP contribution in [-0.4, -0.2) is 31.7 Å². The lowest BCUT2D eigenvalue weighted by Crippen LogP contribution is -2.15. The highest BCUT2D eigenvalue weighted by Crippen LogP contribution is 2.43. The van der Waals surface area contributed by atoms with Crippen molar-refractivity contribution in [2.24, 2.45) is 5.14 Å². The van der Waals surface area contributed by atoms with E-state index < -0.39 is 16.0 Å². The van der Waals surface area contributed by atoms with Gasteiger partial charge in [-0.1, -0.05) is 0 Å². The number of methoxy groups -OCH3 is 1. The van der Waals surface area contributed by atoms with Gasteiger partial charge in [-0.25, -0.2) is 18.4 Å². The Morgan fingerprint density at radius 2 is 2.19 bits per heavy atom. The zero-order chi connectivity index (χ0) is 11.9. The smallest absolute Gasteiger partial charge is 0.358 e. The Morgan fingerprint density at radius 3 is 2.62 bits per heavy atom. The first kappa shape index (κ1) is 11.1. The van der Waals surface area contributed by atoms with E-state index in [0.717, 1.165) is 12.8 Å². The van der Waals surface area contributed by atoms with E-state index in [4.69, 9.17) is 5.14 Å². The molecule has 0 radical (unpaired) electrons. The van der Waals surface area contributed by atoms with Crippen molar-refractivity contribution < 1.29 is 17.9 Å². The summed E-state index contributed by atoms with van der Waals surface area (Å²) >= 11 is 0. The van der Waals surface area contributed by atoms with Gasteiger partial charge in [-0.15, -0.1) is 0 Å². The number of aromatic nitrogens is 2. The highest BCUT2D eigenvalue weighted by Gasteiger charge is 2.36. The van der Waals surface area contributed by atoms with Crippen LogP contribution in [0.5, 0.6) is 0 Å². The molecule has 0 aromatic carbocycles. The van der Waals surface area contributed by atoms with E-state index in [1.165, 1.54) is 7.11 Å². The van der Waals surface area contributed by atoms with Crippen molar-refractivity contribution in [3.63, 3.8) is 0 Å². The second-order valence-electron chi connectivity index (χ2n) is 3.63. The number of nitrogens with two attached hydrogens (primary N) is 1. The Morgan fingerprint density at radius 1 is 1.56 bits per heavy atom. The molecule has 1 aliphatic rings. The molecule has 0 saturated heterocycles. The van der Waals surface area contributed by atoms with Crippen molar-refractivity contribution in [3.8, 4) is 0 Å². The fourth-order valence-corrected chi connectivity index (χ4v) is 2.30. The standard InChI is InChI=1S/C8H11N3O4S/c1-15-8(12)6-5(4-2-3-4)7(11-10-6)16(9,13)14/h4H,2-3H2,1H3,(H,10,11)(H2,9,13,14). The van der Waals surface area contributed by atoms with Crippen molar-refractivity contribution in [2.45, 2.75) is 23.8 Å². The van der Waals surface area contributed by atoms with E-state index in [1.807, 2.05) is 0 Å². The van der Waals surface area contributed by atoms with Crippen LogP contribution in [0, 0.1) is 0 Å². The molecule has 1 aromatic heterocycles. The van der Waals surface area contributed by atoms with E-state index in [-0.39, 0.29) is 16.6 Å². The molecule has 0 unspecified atom stereocenters. The first-order valence-electron chi connectivity index (χ1n) is 4.64. The third kappa shape index (κ3) is 1.81. The normalized spacial score (nSPS) is 16.1. The predicted octanol–water partition coefficient (Wildman–Crippen LogP) is -0.279. The SMILES string of the molecule is COC(=O)c1n[nH]c(S(N)(=O)=O)c1C1CC1. The summed E-state index contributed by atoms with van der Waals surface area (Å²) in [6, 6.07) is 0. The molecule has 88 valence electrons. The summed E-state index contributed by atoms with van der Waals surface area (Å²) in [4.78, 5) is 11.4. The topological polar surface area (TPSA) is 115 Å². The van der Waals surface area contributed by atoms with Gasteiger partial charge in [0.25, 0.3) is 10.0 Å². The molecule has 1 fully saturated rings. The third-order valence-corrected chi connectivity index (χ3v) is 3.30. The Balaban J connectivity index is 2.56. The zero-order valence-corrected chi connectivity index (χ0v) is 9.37. The molecule has 7 nitrogen and oxygen atoms in total. The number of nitrogens with one attached hydrogen (secondary N) is 1. The summed E-state index contributed by atoms with van der Waals surface area (Å²) in [6.07, 6.45) is 1.65. The lowest BCUT2D eigenvalue weighted by Gasteiger charge is -2.00. The average Bonchev–Trinajstić information content (AvgIpc) is 2.94. The number of sulfonamides is 1. The van der Waals surface area contributed by atoms with Gasteiger partial charge < -0.3 is 4.74 Å². The van der Waals surface area contributed by atoms with Gasteiger partial charge in [0.05, 0.1) is 7.11 Å². The van der Waals surface area contributed by atoms with Crippen molar-refractivity contribution in [3.05, 3.63) is 11.3 Å². The number of nitrogens with zero attached hydrogens (tertiary/aromatic N) is 1. The minimum Gasteiger partial charge on any atom is -0.464 e. The monoisotopic (exact) mass is 245 g/mol. The first-order valence-corrected chi connectivity index (χ1v) is 6.19. The maximum absolute atomic E-state index is 11.4. The molecule has 2 rings (SSSR count). The molecule has 1 saturated carbocycles. The molecule has 1 heterocycles. The van der Waals surface area contributed by atoms with Gasteiger partial charge in [0.1, 0.15) is 0 Å². The number of H-pyrrole nitrogens is 1. The van der Waals surface area contributed by atoms with Gasteiger partial charge >= 0.3 is 5.97 Å². The van der Waals surface area contributed by atoms with E-state index >= 15 is 0 Å². The summed E-state index contributed by atoms with van der Waals surface area (Å²) in [6.45, 7) is 0. The van der Waals surface area contributed by atoms with Gasteiger partial charge in [0.15, 0.2) is 10.7 Å². The van der Waals surface area contributed by atoms with Gasteiger partial charge in [-0.3, -0.25) is 5.10 Å². The molecule has 0 spiro atoms. The van der Waals surface area contributed by atoms with E-state index in [0.29, 0.717) is 5.56 Å². The highest BCUT2D eigenvalue weighted by atomic mass is 32.2. The van der Waals surface area contributed by atoms with Crippen LogP contribution in [-0.2, 0) is 14.8 Å². The number of carbonyl (C=O) groups is 1. The van der Waals surface area contributed by atoms with Crippen molar-refractivity contribution in [1.82, 2.24) is 10.2 Å². The molecule has 8 heteroatoms. The maximum atomic E-state index is 11.4. The van der Waals surface area contributed by atoms with Crippen LogP contribution in [0.2, 0.25) is 0 Å². The van der Waals surface area contributed by atoms with E-state index in [9.17, 15) is 13.2 Å². The number of carbonyl (C=O) groups excluding carboxylic acids is 1. The number of esters is 1. The third-order valence-electron chi connectivity index (χ3n) is 2.42. The summed E-state index contributed by atoms with van der Waals surface area (Å²) in [7, 11) is -2.67. The number of rotatable bonds is 3. The van der Waals surface area contributed by atoms with Crippen LogP contribution in [0.3, 0.4) is 0 Å². The van der Waals surface area contributed by atoms with Crippen LogP contribution in [0.25, 0.3) is 0 Å². The number of hydrogen-bond donors (Lipinski definition) is 2. The van der Waals surface area contributed by atoms with Crippen molar-refractivity contribution in [2.75, 3.05) is 7.11 Å². The quantitative estimate of drug-likeness (QED) is 0.711. The Labute approximate surface area is 92.0 Å². The molecular formula is C8H11N3O4S. The van der Waals surface area contributed by atoms with Gasteiger partial charge in [-0.2, -0.15) is 5.10 Å². The molecule has 1 aromatic rings. The summed E-state index contributed by atoms with van der Waals surface area (Å²) in [5.74, 6) is -0.630. The van der Waals surface area contributed by atoms with Crippen LogP contribution in [0.4, 0.5) is 0 Å². The average molecular weight is 245 g/mol. The van der Waals surface area contributed by atoms with Gasteiger partial charge in [0.2, 0.25) is 0 Å². The maximum Gasteiger partial charge on any atom is 0.358 e. The fourth-order valence-electron chi connectivity index (χ4n) is 1.55. The Hall–Kier alpha value is -1.41. The van der Waals surface area contributed by atoms with E-state index in [2.05, 4.69) is 14.9 Å². The Kier molecular flexibility index (Phi) is 2.47. The molecule has 0 amide bonds. The van der Waals surface area contributed by atoms with Crippen molar-refractivity contribution >= 4 is 16.0 Å². The highest BCUT2D eigenvalue weighted by molar-refractivity contribution is 7.89. The minimum absolute atomic E-state index is 0.00836. The van der Waals surface area contributed by atoms with Gasteiger partial charge in [-0.05, 0) is 18.8 Å². The minimum atomic E-state index is -3.89. The number of hydrogen-bond acceptors (Lipinski definition) is 5. The molecule has 3 N–H and O–H groups in total. The van der Waals surface area contributed by atoms with Crippen molar-refractivity contribution in [1.29, 1.82) is 0 Å². The molecule has 0 atom stereocenters. The zero-order valence-electron chi connectivity index (χ0n) is 8.56. The summed E-state index contributed by atoms with van der Waals surface area (Å²) in [5, 5.41) is 10.8. The first-order chi connectivity index (χ1) is 7.45. The number of primary sulfonamides is 1. The summed E-state index contributed by atoms with van der Waals surface area (Å²) in [5.41, 5.74) is 0.364. The second-order valence-corrected chi connectivity index (χ2v) is 5.12. The predicted molar refractivity (Wildman–Crippen MR) is 53.3 cm³/mol. The number of ether oxygens (including phenoxy) is 1. The van der Waals surface area contributed by atoms with Crippen LogP contribution < -0.4 is 5.14 Å². The molecule has 1 aliphatic carbocycles. The van der Waals surface area contributed by atoms with Crippen LogP contribution in [0.15, 0.2) is 5.03 Å². The summed E-state index contributed by atoms with van der Waals surface area (Å²) < 4.78 is 27.1. The number of aromatic amines is 1.